The summed E-state index contributed by atoms with van der Waals surface area (Å²) in [6.45, 7) is 0.570. The average Bonchev–Trinajstić information content (AvgIpc) is 2.80. The number of nitrogens with zero attached hydrogens (tertiary/aromatic N) is 2. The van der Waals surface area contributed by atoms with Gasteiger partial charge in [0.1, 0.15) is 5.75 Å². The van der Waals surface area contributed by atoms with Crippen LogP contribution in [0.1, 0.15) is 10.4 Å². The lowest BCUT2D eigenvalue weighted by atomic mass is 10.0. The molecule has 3 aromatic carbocycles. The molecule has 0 aliphatic rings. The second-order valence-corrected chi connectivity index (χ2v) is 6.79. The molecule has 150 valence electrons. The number of aromatic nitrogens is 2. The highest BCUT2D eigenvalue weighted by molar-refractivity contribution is 6.06. The van der Waals surface area contributed by atoms with Gasteiger partial charge in [0.15, 0.2) is 0 Å². The summed E-state index contributed by atoms with van der Waals surface area (Å²) >= 11 is 0. The zero-order chi connectivity index (χ0) is 20.9. The van der Waals surface area contributed by atoms with E-state index < -0.39 is 0 Å². The molecule has 0 fully saturated rings. The Balaban J connectivity index is 1.47. The minimum atomic E-state index is -0.216. The van der Waals surface area contributed by atoms with E-state index in [0.29, 0.717) is 17.8 Å². The number of carbonyl (C=O) groups is 1. The molecule has 6 heteroatoms. The van der Waals surface area contributed by atoms with Gasteiger partial charge in [-0.05, 0) is 47.2 Å². The van der Waals surface area contributed by atoms with Crippen LogP contribution in [-0.4, -0.2) is 29.3 Å². The lowest BCUT2D eigenvalue weighted by Gasteiger charge is -2.10. The molecule has 0 radical (unpaired) electrons. The number of ether oxygens (including phenoxy) is 1. The van der Waals surface area contributed by atoms with E-state index in [1.54, 1.807) is 19.2 Å². The van der Waals surface area contributed by atoms with Gasteiger partial charge in [0.25, 0.3) is 11.5 Å². The number of hydrogen-bond donors (Lipinski definition) is 1. The third-order valence-corrected chi connectivity index (χ3v) is 4.90. The fourth-order valence-electron chi connectivity index (χ4n) is 3.32. The predicted octanol–water partition coefficient (Wildman–Crippen LogP) is 3.50. The van der Waals surface area contributed by atoms with Gasteiger partial charge in [0, 0.05) is 23.7 Å². The van der Waals surface area contributed by atoms with Crippen molar-refractivity contribution in [2.45, 2.75) is 6.54 Å². The van der Waals surface area contributed by atoms with Crippen LogP contribution in [0.15, 0.2) is 83.7 Å². The summed E-state index contributed by atoms with van der Waals surface area (Å²) < 4.78 is 6.53. The average molecular weight is 399 g/mol. The van der Waals surface area contributed by atoms with Gasteiger partial charge in [-0.3, -0.25) is 9.59 Å². The number of rotatable bonds is 6. The van der Waals surface area contributed by atoms with Crippen LogP contribution in [0.25, 0.3) is 22.0 Å². The third kappa shape index (κ3) is 4.07. The molecule has 1 heterocycles. The van der Waals surface area contributed by atoms with Crippen LogP contribution in [0.3, 0.4) is 0 Å². The highest BCUT2D eigenvalue weighted by Crippen LogP contribution is 2.20. The maximum absolute atomic E-state index is 12.7. The summed E-state index contributed by atoms with van der Waals surface area (Å²) in [4.78, 5) is 24.8. The molecule has 1 amide bonds. The molecule has 0 aliphatic carbocycles. The fraction of sp³-hybridized carbons (Fsp3) is 0.125. The van der Waals surface area contributed by atoms with Gasteiger partial charge in [-0.15, -0.1) is 0 Å². The Morgan fingerprint density at radius 1 is 0.967 bits per heavy atom. The molecule has 1 N–H and O–H groups in total. The molecule has 0 aliphatic heterocycles. The van der Waals surface area contributed by atoms with Crippen molar-refractivity contribution in [2.75, 3.05) is 13.7 Å². The van der Waals surface area contributed by atoms with Gasteiger partial charge >= 0.3 is 0 Å². The van der Waals surface area contributed by atoms with Crippen LogP contribution in [0, 0.1) is 0 Å². The molecule has 0 spiro atoms. The van der Waals surface area contributed by atoms with E-state index in [1.165, 1.54) is 10.7 Å². The Morgan fingerprint density at radius 2 is 1.73 bits per heavy atom. The van der Waals surface area contributed by atoms with Crippen molar-refractivity contribution in [3.63, 3.8) is 0 Å². The summed E-state index contributed by atoms with van der Waals surface area (Å²) in [6.07, 6.45) is 0. The lowest BCUT2D eigenvalue weighted by molar-refractivity contribution is 0.0953. The summed E-state index contributed by atoms with van der Waals surface area (Å²) in [5.74, 6) is 0.578. The van der Waals surface area contributed by atoms with Crippen molar-refractivity contribution in [3.8, 4) is 17.0 Å². The number of carbonyl (C=O) groups excluding carboxylic acids is 1. The molecule has 4 aromatic rings. The molecule has 1 aromatic heterocycles. The lowest BCUT2D eigenvalue weighted by Crippen LogP contribution is -2.32. The van der Waals surface area contributed by atoms with Crippen molar-refractivity contribution in [1.82, 2.24) is 15.1 Å². The Kier molecular flexibility index (Phi) is 5.57. The fourth-order valence-corrected chi connectivity index (χ4v) is 3.32. The van der Waals surface area contributed by atoms with E-state index in [1.807, 2.05) is 60.7 Å². The number of hydrogen-bond acceptors (Lipinski definition) is 4. The summed E-state index contributed by atoms with van der Waals surface area (Å²) in [7, 11) is 1.61. The zero-order valence-corrected chi connectivity index (χ0v) is 16.5. The third-order valence-electron chi connectivity index (χ3n) is 4.90. The van der Waals surface area contributed by atoms with Crippen molar-refractivity contribution < 1.29 is 9.53 Å². The zero-order valence-electron chi connectivity index (χ0n) is 16.5. The van der Waals surface area contributed by atoms with Gasteiger partial charge < -0.3 is 10.1 Å². The molecular weight excluding hydrogens is 378 g/mol. The van der Waals surface area contributed by atoms with E-state index in [-0.39, 0.29) is 18.0 Å². The molecule has 0 saturated heterocycles. The van der Waals surface area contributed by atoms with Crippen molar-refractivity contribution >= 4 is 16.7 Å². The van der Waals surface area contributed by atoms with E-state index >= 15 is 0 Å². The molecule has 0 saturated carbocycles. The van der Waals surface area contributed by atoms with Crippen molar-refractivity contribution in [3.05, 3.63) is 94.8 Å². The SMILES string of the molecule is COc1ccc(-c2ccc(=O)n(CCNC(=O)c3cccc4ccccc34)n2)cc1. The van der Waals surface area contributed by atoms with Crippen LogP contribution in [-0.2, 0) is 6.54 Å². The minimum absolute atomic E-state index is 0.175. The monoisotopic (exact) mass is 399 g/mol. The highest BCUT2D eigenvalue weighted by atomic mass is 16.5. The Bertz CT molecular complexity index is 1240. The highest BCUT2D eigenvalue weighted by Gasteiger charge is 2.10. The summed E-state index contributed by atoms with van der Waals surface area (Å²) in [6, 6.07) is 24.0. The molecule has 30 heavy (non-hydrogen) atoms. The van der Waals surface area contributed by atoms with E-state index in [2.05, 4.69) is 10.4 Å². The topological polar surface area (TPSA) is 73.2 Å². The minimum Gasteiger partial charge on any atom is -0.497 e. The van der Waals surface area contributed by atoms with Gasteiger partial charge in [-0.2, -0.15) is 5.10 Å². The summed E-state index contributed by atoms with van der Waals surface area (Å²) in [5.41, 5.74) is 1.95. The van der Waals surface area contributed by atoms with Crippen LogP contribution < -0.4 is 15.6 Å². The van der Waals surface area contributed by atoms with Crippen molar-refractivity contribution in [1.29, 1.82) is 0 Å². The Labute approximate surface area is 173 Å². The molecule has 0 atom stereocenters. The first-order valence-corrected chi connectivity index (χ1v) is 9.64. The number of amides is 1. The molecule has 6 nitrogen and oxygen atoms in total. The summed E-state index contributed by atoms with van der Waals surface area (Å²) in [5, 5.41) is 9.22. The molecule has 4 rings (SSSR count). The second kappa shape index (κ2) is 8.61. The maximum Gasteiger partial charge on any atom is 0.266 e. The second-order valence-electron chi connectivity index (χ2n) is 6.79. The van der Waals surface area contributed by atoms with Gasteiger partial charge in [-0.25, -0.2) is 4.68 Å². The smallest absolute Gasteiger partial charge is 0.266 e. The molecular formula is C24H21N3O3. The first kappa shape index (κ1) is 19.4. The van der Waals surface area contributed by atoms with Gasteiger partial charge in [0.2, 0.25) is 0 Å². The van der Waals surface area contributed by atoms with Crippen LogP contribution >= 0.6 is 0 Å². The van der Waals surface area contributed by atoms with E-state index in [4.69, 9.17) is 4.74 Å². The van der Waals surface area contributed by atoms with Gasteiger partial charge in [-0.1, -0.05) is 36.4 Å². The first-order valence-electron chi connectivity index (χ1n) is 9.64. The number of fused-ring (bicyclic) bond motifs is 1. The van der Waals surface area contributed by atoms with Crippen LogP contribution in [0.2, 0.25) is 0 Å². The maximum atomic E-state index is 12.7. The van der Waals surface area contributed by atoms with Gasteiger partial charge in [0.05, 0.1) is 19.3 Å². The van der Waals surface area contributed by atoms with Crippen molar-refractivity contribution in [2.24, 2.45) is 0 Å². The molecule has 0 unspecified atom stereocenters. The quantitative estimate of drug-likeness (QED) is 0.539. The predicted molar refractivity (Wildman–Crippen MR) is 117 cm³/mol. The number of methoxy groups -OCH3 is 1. The van der Waals surface area contributed by atoms with E-state index in [0.717, 1.165) is 22.1 Å². The van der Waals surface area contributed by atoms with Crippen LogP contribution in [0.4, 0.5) is 0 Å². The number of benzene rings is 3. The Hall–Kier alpha value is -3.93. The normalized spacial score (nSPS) is 10.7. The molecule has 0 bridgehead atoms. The van der Waals surface area contributed by atoms with Crippen LogP contribution in [0.5, 0.6) is 5.75 Å². The standard InChI is InChI=1S/C24H21N3O3/c1-30-19-11-9-18(10-12-19)22-13-14-23(28)27(26-22)16-15-25-24(29)21-8-4-6-17-5-2-3-7-20(17)21/h2-14H,15-16H2,1H3,(H,25,29). The number of nitrogens with one attached hydrogen (secondary N) is 1. The van der Waals surface area contributed by atoms with E-state index in [9.17, 15) is 9.59 Å². The first-order chi connectivity index (χ1) is 14.7. The largest absolute Gasteiger partial charge is 0.497 e. The Morgan fingerprint density at radius 3 is 2.53 bits per heavy atom.